The van der Waals surface area contributed by atoms with Crippen LogP contribution in [0.4, 0.5) is 0 Å². The molecule has 0 spiro atoms. The van der Waals surface area contributed by atoms with Gasteiger partial charge in [-0.2, -0.15) is 5.48 Å². The fraction of sp³-hybridized carbons (Fsp3) is 0.357. The molecule has 2 N–H and O–H groups in total. The lowest BCUT2D eigenvalue weighted by molar-refractivity contribution is -0.142. The second kappa shape index (κ2) is 5.94. The number of benzene rings is 1. The quantitative estimate of drug-likeness (QED) is 0.646. The van der Waals surface area contributed by atoms with Crippen LogP contribution in [0, 0.1) is 6.92 Å². The number of ether oxygens (including phenoxy) is 2. The predicted octanol–water partition coefficient (Wildman–Crippen LogP) is 2.33. The van der Waals surface area contributed by atoms with Crippen LogP contribution in [0.15, 0.2) is 22.6 Å². The molecule has 1 atom stereocenters. The Bertz CT molecular complexity index is 619. The van der Waals surface area contributed by atoms with E-state index in [2.05, 4.69) is 10.2 Å². The summed E-state index contributed by atoms with van der Waals surface area (Å²) in [5.41, 5.74) is 3.76. The number of fused-ring (bicyclic) bond motifs is 1. The van der Waals surface area contributed by atoms with E-state index in [4.69, 9.17) is 14.4 Å². The van der Waals surface area contributed by atoms with E-state index >= 15 is 0 Å². The van der Waals surface area contributed by atoms with Gasteiger partial charge < -0.3 is 19.1 Å². The van der Waals surface area contributed by atoms with Crippen molar-refractivity contribution in [2.24, 2.45) is 0 Å². The molecule has 0 fully saturated rings. The molecular weight excluding hydrogens is 262 g/mol. The van der Waals surface area contributed by atoms with E-state index in [1.54, 1.807) is 18.2 Å². The van der Waals surface area contributed by atoms with Gasteiger partial charge in [-0.15, -0.1) is 0 Å². The summed E-state index contributed by atoms with van der Waals surface area (Å²) in [5, 5.41) is 9.92. The highest BCUT2D eigenvalue weighted by atomic mass is 16.6. The third-order valence-corrected chi connectivity index (χ3v) is 3.09. The summed E-state index contributed by atoms with van der Waals surface area (Å²) in [7, 11) is 1.31. The zero-order chi connectivity index (χ0) is 14.7. The van der Waals surface area contributed by atoms with Crippen molar-refractivity contribution in [3.8, 4) is 5.75 Å². The van der Waals surface area contributed by atoms with Crippen LogP contribution in [0.2, 0.25) is 0 Å². The van der Waals surface area contributed by atoms with Crippen molar-refractivity contribution in [2.75, 3.05) is 13.7 Å². The molecule has 0 radical (unpaired) electrons. The molecule has 1 aromatic carbocycles. The maximum Gasteiger partial charge on any atom is 0.343 e. The molecule has 0 bridgehead atoms. The summed E-state index contributed by atoms with van der Waals surface area (Å²) < 4.78 is 15.5. The molecule has 2 rings (SSSR count). The van der Waals surface area contributed by atoms with Gasteiger partial charge in [0.2, 0.25) is 0 Å². The lowest BCUT2D eigenvalue weighted by atomic mass is 10.0. The Morgan fingerprint density at radius 2 is 2.25 bits per heavy atom. The zero-order valence-corrected chi connectivity index (χ0v) is 11.6. The van der Waals surface area contributed by atoms with E-state index in [1.807, 2.05) is 13.8 Å². The summed E-state index contributed by atoms with van der Waals surface area (Å²) in [6.07, 6.45) is 0. The van der Waals surface area contributed by atoms with Gasteiger partial charge >= 0.3 is 5.97 Å². The number of aryl methyl sites for hydroxylation is 1. The van der Waals surface area contributed by atoms with Crippen molar-refractivity contribution in [1.29, 1.82) is 0 Å². The number of furan rings is 1. The lowest BCUT2D eigenvalue weighted by Crippen LogP contribution is -2.14. The van der Waals surface area contributed by atoms with Crippen molar-refractivity contribution in [2.45, 2.75) is 19.9 Å². The smallest absolute Gasteiger partial charge is 0.343 e. The van der Waals surface area contributed by atoms with Gasteiger partial charge in [-0.1, -0.05) is 0 Å². The Kier molecular flexibility index (Phi) is 4.26. The van der Waals surface area contributed by atoms with Gasteiger partial charge in [0.15, 0.2) is 6.61 Å². The van der Waals surface area contributed by atoms with Gasteiger partial charge in [0.25, 0.3) is 0 Å². The van der Waals surface area contributed by atoms with E-state index in [9.17, 15) is 4.79 Å². The summed E-state index contributed by atoms with van der Waals surface area (Å²) in [6.45, 7) is 3.50. The first-order valence-electron chi connectivity index (χ1n) is 6.19. The number of carbonyl (C=O) groups is 1. The standard InChI is InChI=1S/C14H17NO5/c1-8(15-17)14-9(2)20-12-5-4-10(6-11(12)14)19-7-13(16)18-3/h4-6,8,15,17H,7H2,1-3H3/t8-/m0/s1. The Hall–Kier alpha value is -2.05. The van der Waals surface area contributed by atoms with Crippen molar-refractivity contribution in [3.63, 3.8) is 0 Å². The topological polar surface area (TPSA) is 80.9 Å². The molecule has 6 nitrogen and oxygen atoms in total. The number of hydrogen-bond acceptors (Lipinski definition) is 6. The number of methoxy groups -OCH3 is 1. The maximum atomic E-state index is 11.1. The highest BCUT2D eigenvalue weighted by molar-refractivity contribution is 5.84. The Morgan fingerprint density at radius 3 is 2.90 bits per heavy atom. The predicted molar refractivity (Wildman–Crippen MR) is 71.8 cm³/mol. The number of nitrogens with one attached hydrogen (secondary N) is 1. The molecular formula is C14H17NO5. The van der Waals surface area contributed by atoms with Gasteiger partial charge in [-0.3, -0.25) is 0 Å². The molecule has 0 aliphatic rings. The van der Waals surface area contributed by atoms with Crippen molar-refractivity contribution < 1.29 is 23.9 Å². The molecule has 108 valence electrons. The molecule has 0 aliphatic heterocycles. The molecule has 1 aromatic heterocycles. The van der Waals surface area contributed by atoms with Gasteiger partial charge in [0, 0.05) is 10.9 Å². The van der Waals surface area contributed by atoms with E-state index in [0.717, 1.165) is 16.7 Å². The molecule has 6 heteroatoms. The fourth-order valence-electron chi connectivity index (χ4n) is 2.11. The van der Waals surface area contributed by atoms with Crippen LogP contribution in [-0.4, -0.2) is 24.9 Å². The zero-order valence-electron chi connectivity index (χ0n) is 11.6. The first-order chi connectivity index (χ1) is 9.56. The van der Waals surface area contributed by atoms with Gasteiger partial charge in [-0.25, -0.2) is 4.79 Å². The van der Waals surface area contributed by atoms with Crippen LogP contribution in [0.3, 0.4) is 0 Å². The minimum Gasteiger partial charge on any atom is -0.482 e. The highest BCUT2D eigenvalue weighted by Gasteiger charge is 2.17. The van der Waals surface area contributed by atoms with E-state index in [0.29, 0.717) is 11.3 Å². The minimum absolute atomic E-state index is 0.151. The molecule has 20 heavy (non-hydrogen) atoms. The van der Waals surface area contributed by atoms with Crippen LogP contribution >= 0.6 is 0 Å². The molecule has 0 saturated heterocycles. The van der Waals surface area contributed by atoms with Crippen LogP contribution < -0.4 is 10.2 Å². The summed E-state index contributed by atoms with van der Waals surface area (Å²) in [4.78, 5) is 11.1. The highest BCUT2D eigenvalue weighted by Crippen LogP contribution is 2.32. The number of esters is 1. The lowest BCUT2D eigenvalue weighted by Gasteiger charge is -2.09. The molecule has 2 aromatic rings. The van der Waals surface area contributed by atoms with Crippen molar-refractivity contribution in [1.82, 2.24) is 5.48 Å². The summed E-state index contributed by atoms with van der Waals surface area (Å²) in [6, 6.07) is 4.99. The third-order valence-electron chi connectivity index (χ3n) is 3.09. The maximum absolute atomic E-state index is 11.1. The third kappa shape index (κ3) is 2.76. The summed E-state index contributed by atoms with van der Waals surface area (Å²) >= 11 is 0. The first-order valence-corrected chi connectivity index (χ1v) is 6.19. The van der Waals surface area contributed by atoms with E-state index in [-0.39, 0.29) is 12.6 Å². The Balaban J connectivity index is 2.34. The normalized spacial score (nSPS) is 12.4. The van der Waals surface area contributed by atoms with E-state index < -0.39 is 5.97 Å². The van der Waals surface area contributed by atoms with E-state index in [1.165, 1.54) is 7.11 Å². The van der Waals surface area contributed by atoms with Crippen molar-refractivity contribution in [3.05, 3.63) is 29.5 Å². The first kappa shape index (κ1) is 14.4. The Morgan fingerprint density at radius 1 is 1.50 bits per heavy atom. The summed E-state index contributed by atoms with van der Waals surface area (Å²) in [5.74, 6) is 0.813. The van der Waals surface area contributed by atoms with Crippen molar-refractivity contribution >= 4 is 16.9 Å². The molecule has 0 aliphatic carbocycles. The average Bonchev–Trinajstić information content (AvgIpc) is 2.79. The molecule has 0 amide bonds. The number of hydroxylamine groups is 1. The van der Waals surface area contributed by atoms with Crippen LogP contribution in [0.5, 0.6) is 5.75 Å². The largest absolute Gasteiger partial charge is 0.482 e. The molecule has 0 saturated carbocycles. The van der Waals surface area contributed by atoms with Crippen LogP contribution in [-0.2, 0) is 9.53 Å². The number of hydrogen-bond donors (Lipinski definition) is 2. The average molecular weight is 279 g/mol. The van der Waals surface area contributed by atoms with Crippen LogP contribution in [0.1, 0.15) is 24.3 Å². The molecule has 0 unspecified atom stereocenters. The molecule has 1 heterocycles. The fourth-order valence-corrected chi connectivity index (χ4v) is 2.11. The number of rotatable bonds is 5. The van der Waals surface area contributed by atoms with Crippen LogP contribution in [0.25, 0.3) is 11.0 Å². The van der Waals surface area contributed by atoms with Gasteiger partial charge in [0.1, 0.15) is 17.1 Å². The monoisotopic (exact) mass is 279 g/mol. The van der Waals surface area contributed by atoms with Gasteiger partial charge in [-0.05, 0) is 32.0 Å². The van der Waals surface area contributed by atoms with Gasteiger partial charge in [0.05, 0.1) is 13.2 Å². The second-order valence-corrected chi connectivity index (χ2v) is 4.45. The SMILES string of the molecule is COC(=O)COc1ccc2oc(C)c([C@H](C)NO)c2c1. The number of carbonyl (C=O) groups excluding carboxylic acids is 1. The Labute approximate surface area is 116 Å². The minimum atomic E-state index is -0.445. The second-order valence-electron chi connectivity index (χ2n) is 4.45.